The minimum atomic E-state index is 0.267. The molecule has 1 saturated heterocycles. The van der Waals surface area contributed by atoms with Crippen LogP contribution in [0.25, 0.3) is 0 Å². The van der Waals surface area contributed by atoms with E-state index >= 15 is 0 Å². The maximum Gasteiger partial charge on any atom is 0.223 e. The number of likely N-dealkylation sites (tertiary alicyclic amines) is 1. The van der Waals surface area contributed by atoms with Crippen molar-refractivity contribution in [3.8, 4) is 0 Å². The maximum atomic E-state index is 12.2. The molecule has 1 saturated carbocycles. The van der Waals surface area contributed by atoms with Crippen LogP contribution in [-0.4, -0.2) is 29.1 Å². The van der Waals surface area contributed by atoms with E-state index in [0.717, 1.165) is 24.6 Å². The van der Waals surface area contributed by atoms with Crippen LogP contribution >= 0.6 is 12.6 Å². The predicted octanol–water partition coefficient (Wildman–Crippen LogP) is 2.73. The molecule has 2 atom stereocenters. The number of carbonyl (C=O) groups excluding carboxylic acids is 1. The molecule has 0 spiro atoms. The highest BCUT2D eigenvalue weighted by Crippen LogP contribution is 2.50. The molecule has 1 aliphatic carbocycles. The number of hydrogen-bond acceptors (Lipinski definition) is 2. The monoisotopic (exact) mass is 241 g/mol. The average molecular weight is 241 g/mol. The highest BCUT2D eigenvalue weighted by Gasteiger charge is 2.44. The average Bonchev–Trinajstić information content (AvgIpc) is 2.98. The van der Waals surface area contributed by atoms with Crippen molar-refractivity contribution in [3.63, 3.8) is 0 Å². The van der Waals surface area contributed by atoms with Gasteiger partial charge in [-0.05, 0) is 49.7 Å². The SMILES string of the molecule is CC1CCN(C(=O)CC2(CS)CC2)C(C)C1. The van der Waals surface area contributed by atoms with E-state index in [1.165, 1.54) is 25.7 Å². The summed E-state index contributed by atoms with van der Waals surface area (Å²) < 4.78 is 0. The van der Waals surface area contributed by atoms with Crippen LogP contribution in [0.3, 0.4) is 0 Å². The zero-order chi connectivity index (χ0) is 11.8. The van der Waals surface area contributed by atoms with Crippen molar-refractivity contribution >= 4 is 18.5 Å². The third kappa shape index (κ3) is 2.55. The van der Waals surface area contributed by atoms with Crippen molar-refractivity contribution in [2.45, 2.75) is 52.0 Å². The van der Waals surface area contributed by atoms with Crippen molar-refractivity contribution in [2.75, 3.05) is 12.3 Å². The summed E-state index contributed by atoms with van der Waals surface area (Å²) in [6.07, 6.45) is 5.46. The van der Waals surface area contributed by atoms with Gasteiger partial charge in [0.15, 0.2) is 0 Å². The first-order chi connectivity index (χ1) is 7.56. The van der Waals surface area contributed by atoms with Gasteiger partial charge in [-0.15, -0.1) is 0 Å². The molecule has 1 heterocycles. The number of nitrogens with zero attached hydrogens (tertiary/aromatic N) is 1. The topological polar surface area (TPSA) is 20.3 Å². The lowest BCUT2D eigenvalue weighted by atomic mass is 9.92. The van der Waals surface area contributed by atoms with Crippen molar-refractivity contribution in [1.29, 1.82) is 0 Å². The molecule has 2 fully saturated rings. The number of rotatable bonds is 3. The van der Waals surface area contributed by atoms with Gasteiger partial charge in [0.05, 0.1) is 0 Å². The number of hydrogen-bond donors (Lipinski definition) is 1. The Labute approximate surface area is 104 Å². The minimum absolute atomic E-state index is 0.267. The Hall–Kier alpha value is -0.180. The summed E-state index contributed by atoms with van der Waals surface area (Å²) in [4.78, 5) is 14.3. The summed E-state index contributed by atoms with van der Waals surface area (Å²) in [5, 5.41) is 0. The second kappa shape index (κ2) is 4.59. The van der Waals surface area contributed by atoms with E-state index in [-0.39, 0.29) is 5.41 Å². The first-order valence-corrected chi connectivity index (χ1v) is 7.10. The standard InChI is InChI=1S/C13H23NOS/c1-10-3-6-14(11(2)7-10)12(15)8-13(9-16)4-5-13/h10-11,16H,3-9H2,1-2H3. The van der Waals surface area contributed by atoms with Gasteiger partial charge in [0.1, 0.15) is 0 Å². The molecule has 2 rings (SSSR count). The Morgan fingerprint density at radius 1 is 1.44 bits per heavy atom. The van der Waals surface area contributed by atoms with Crippen molar-refractivity contribution < 1.29 is 4.79 Å². The smallest absolute Gasteiger partial charge is 0.223 e. The Morgan fingerprint density at radius 3 is 2.62 bits per heavy atom. The van der Waals surface area contributed by atoms with Gasteiger partial charge in [0.2, 0.25) is 5.91 Å². The summed E-state index contributed by atoms with van der Waals surface area (Å²) >= 11 is 4.37. The molecule has 0 aromatic rings. The fraction of sp³-hybridized carbons (Fsp3) is 0.923. The number of piperidine rings is 1. The molecule has 1 amide bonds. The lowest BCUT2D eigenvalue weighted by Gasteiger charge is -2.37. The highest BCUT2D eigenvalue weighted by molar-refractivity contribution is 7.80. The van der Waals surface area contributed by atoms with E-state index in [1.54, 1.807) is 0 Å². The molecule has 0 aromatic carbocycles. The van der Waals surface area contributed by atoms with Crippen molar-refractivity contribution in [2.24, 2.45) is 11.3 Å². The van der Waals surface area contributed by atoms with Crippen LogP contribution in [0.15, 0.2) is 0 Å². The van der Waals surface area contributed by atoms with Gasteiger partial charge in [-0.25, -0.2) is 0 Å². The second-order valence-electron chi connectivity index (χ2n) is 5.90. The normalized spacial score (nSPS) is 32.6. The molecule has 0 radical (unpaired) electrons. The van der Waals surface area contributed by atoms with Gasteiger partial charge in [0.25, 0.3) is 0 Å². The Balaban J connectivity index is 1.89. The Kier molecular flexibility index (Phi) is 3.53. The fourth-order valence-electron chi connectivity index (χ4n) is 2.77. The molecule has 0 aromatic heterocycles. The van der Waals surface area contributed by atoms with Crippen molar-refractivity contribution in [1.82, 2.24) is 4.90 Å². The van der Waals surface area contributed by atoms with E-state index in [4.69, 9.17) is 0 Å². The number of amides is 1. The molecular formula is C13H23NOS. The molecule has 3 heteroatoms. The largest absolute Gasteiger partial charge is 0.340 e. The van der Waals surface area contributed by atoms with Gasteiger partial charge in [0, 0.05) is 19.0 Å². The first-order valence-electron chi connectivity index (χ1n) is 6.47. The molecule has 16 heavy (non-hydrogen) atoms. The lowest BCUT2D eigenvalue weighted by molar-refractivity contribution is -0.136. The highest BCUT2D eigenvalue weighted by atomic mass is 32.1. The quantitative estimate of drug-likeness (QED) is 0.753. The summed E-state index contributed by atoms with van der Waals surface area (Å²) in [6.45, 7) is 5.44. The first kappa shape index (κ1) is 12.3. The van der Waals surface area contributed by atoms with Crippen LogP contribution in [0, 0.1) is 11.3 Å². The second-order valence-corrected chi connectivity index (χ2v) is 6.22. The van der Waals surface area contributed by atoms with Gasteiger partial charge in [-0.1, -0.05) is 6.92 Å². The van der Waals surface area contributed by atoms with Crippen molar-refractivity contribution in [3.05, 3.63) is 0 Å². The molecule has 2 nitrogen and oxygen atoms in total. The molecular weight excluding hydrogens is 218 g/mol. The van der Waals surface area contributed by atoms with Crippen LogP contribution in [0.2, 0.25) is 0 Å². The summed E-state index contributed by atoms with van der Waals surface area (Å²) in [5.74, 6) is 2.02. The summed E-state index contributed by atoms with van der Waals surface area (Å²) in [7, 11) is 0. The summed E-state index contributed by atoms with van der Waals surface area (Å²) in [6, 6.07) is 0.437. The molecule has 0 N–H and O–H groups in total. The molecule has 1 aliphatic heterocycles. The third-order valence-corrected chi connectivity index (χ3v) is 4.95. The minimum Gasteiger partial charge on any atom is -0.340 e. The molecule has 92 valence electrons. The van der Waals surface area contributed by atoms with E-state index in [1.807, 2.05) is 0 Å². The zero-order valence-electron chi connectivity index (χ0n) is 10.4. The van der Waals surface area contributed by atoms with Crippen LogP contribution in [0.5, 0.6) is 0 Å². The van der Waals surface area contributed by atoms with Gasteiger partial charge in [-0.3, -0.25) is 4.79 Å². The third-order valence-electron chi connectivity index (χ3n) is 4.28. The van der Waals surface area contributed by atoms with E-state index in [2.05, 4.69) is 31.4 Å². The van der Waals surface area contributed by atoms with Crippen LogP contribution in [-0.2, 0) is 4.79 Å². The Bertz CT molecular complexity index is 275. The fourth-order valence-corrected chi connectivity index (χ4v) is 3.20. The molecule has 2 aliphatic rings. The van der Waals surface area contributed by atoms with Gasteiger partial charge >= 0.3 is 0 Å². The zero-order valence-corrected chi connectivity index (χ0v) is 11.3. The van der Waals surface area contributed by atoms with E-state index in [0.29, 0.717) is 11.9 Å². The van der Waals surface area contributed by atoms with Gasteiger partial charge < -0.3 is 4.90 Å². The van der Waals surface area contributed by atoms with Crippen LogP contribution in [0.1, 0.15) is 46.0 Å². The number of carbonyl (C=O) groups is 1. The predicted molar refractivity (Wildman–Crippen MR) is 69.7 cm³/mol. The van der Waals surface area contributed by atoms with E-state index < -0.39 is 0 Å². The lowest BCUT2D eigenvalue weighted by Crippen LogP contribution is -2.44. The van der Waals surface area contributed by atoms with Crippen LogP contribution < -0.4 is 0 Å². The number of thiol groups is 1. The van der Waals surface area contributed by atoms with Crippen LogP contribution in [0.4, 0.5) is 0 Å². The van der Waals surface area contributed by atoms with E-state index in [9.17, 15) is 4.79 Å². The molecule has 2 unspecified atom stereocenters. The van der Waals surface area contributed by atoms with Gasteiger partial charge in [-0.2, -0.15) is 12.6 Å². The maximum absolute atomic E-state index is 12.2. The Morgan fingerprint density at radius 2 is 2.12 bits per heavy atom. The molecule has 0 bridgehead atoms. The summed E-state index contributed by atoms with van der Waals surface area (Å²) in [5.41, 5.74) is 0.267.